The molecule has 0 aliphatic carbocycles. The first-order chi connectivity index (χ1) is 8.79. The molecule has 0 saturated heterocycles. The Kier molecular flexibility index (Phi) is 4.35. The zero-order valence-corrected chi connectivity index (χ0v) is 10.3. The maximum absolute atomic E-state index is 12.8. The van der Waals surface area contributed by atoms with Crippen LogP contribution in [-0.4, -0.2) is 26.8 Å². The van der Waals surface area contributed by atoms with E-state index in [2.05, 4.69) is 27.8 Å². The molecule has 1 aromatic carbocycles. The van der Waals surface area contributed by atoms with Gasteiger partial charge in [0.05, 0.1) is 13.1 Å². The van der Waals surface area contributed by atoms with Crippen molar-refractivity contribution in [1.29, 1.82) is 0 Å². The van der Waals surface area contributed by atoms with Crippen molar-refractivity contribution in [3.8, 4) is 0 Å². The molecule has 0 atom stereocenters. The van der Waals surface area contributed by atoms with E-state index in [0.29, 0.717) is 13.1 Å². The highest BCUT2D eigenvalue weighted by molar-refractivity contribution is 5.16. The Morgan fingerprint density at radius 3 is 2.78 bits per heavy atom. The second-order valence-corrected chi connectivity index (χ2v) is 4.06. The van der Waals surface area contributed by atoms with Crippen molar-refractivity contribution >= 4 is 0 Å². The number of tetrazole rings is 1. The topological polar surface area (TPSA) is 55.6 Å². The van der Waals surface area contributed by atoms with E-state index in [1.165, 1.54) is 12.1 Å². The van der Waals surface area contributed by atoms with Gasteiger partial charge in [-0.3, -0.25) is 0 Å². The Bertz CT molecular complexity index is 479. The van der Waals surface area contributed by atoms with Crippen LogP contribution in [0.2, 0.25) is 0 Å². The van der Waals surface area contributed by atoms with Crippen LogP contribution in [0, 0.1) is 5.82 Å². The van der Waals surface area contributed by atoms with E-state index in [1.807, 2.05) is 0 Å². The zero-order chi connectivity index (χ0) is 12.8. The van der Waals surface area contributed by atoms with Gasteiger partial charge in [-0.2, -0.15) is 0 Å². The predicted molar refractivity (Wildman–Crippen MR) is 65.3 cm³/mol. The highest BCUT2D eigenvalue weighted by Crippen LogP contribution is 2.05. The third-order valence-electron chi connectivity index (χ3n) is 2.56. The van der Waals surface area contributed by atoms with Gasteiger partial charge >= 0.3 is 0 Å². The summed E-state index contributed by atoms with van der Waals surface area (Å²) in [5, 5.41) is 14.8. The van der Waals surface area contributed by atoms with Gasteiger partial charge in [0.2, 0.25) is 0 Å². The lowest BCUT2D eigenvalue weighted by Crippen LogP contribution is -2.18. The summed E-state index contributed by atoms with van der Waals surface area (Å²) >= 11 is 0. The third-order valence-corrected chi connectivity index (χ3v) is 2.56. The fraction of sp³-hybridized carbons (Fsp3) is 0.417. The molecule has 5 nitrogen and oxygen atoms in total. The molecule has 96 valence electrons. The zero-order valence-electron chi connectivity index (χ0n) is 10.3. The first kappa shape index (κ1) is 12.6. The smallest absolute Gasteiger partial charge is 0.165 e. The van der Waals surface area contributed by atoms with Crippen LogP contribution in [0.15, 0.2) is 24.3 Å². The molecular weight excluding hydrogens is 233 g/mol. The molecule has 0 unspecified atom stereocenters. The monoisotopic (exact) mass is 249 g/mol. The Hall–Kier alpha value is -1.82. The molecule has 2 rings (SSSR count). The summed E-state index contributed by atoms with van der Waals surface area (Å²) in [6, 6.07) is 6.35. The standard InChI is InChI=1S/C12H16FN5/c1-2-7-14-8-12-15-16-17-18(12)9-10-3-5-11(13)6-4-10/h3-6,14H,2,7-9H2,1H3. The number of hydrogen-bond acceptors (Lipinski definition) is 4. The molecule has 0 bridgehead atoms. The van der Waals surface area contributed by atoms with Crippen LogP contribution in [0.4, 0.5) is 4.39 Å². The SMILES string of the molecule is CCCNCc1nnnn1Cc1ccc(F)cc1. The Balaban J connectivity index is 2.00. The van der Waals surface area contributed by atoms with Crippen molar-refractivity contribution in [2.45, 2.75) is 26.4 Å². The highest BCUT2D eigenvalue weighted by atomic mass is 19.1. The molecular formula is C12H16FN5. The van der Waals surface area contributed by atoms with Gasteiger partial charge in [0.1, 0.15) is 5.82 Å². The van der Waals surface area contributed by atoms with Crippen molar-refractivity contribution in [1.82, 2.24) is 25.5 Å². The minimum absolute atomic E-state index is 0.236. The Morgan fingerprint density at radius 1 is 1.28 bits per heavy atom. The molecule has 0 fully saturated rings. The van der Waals surface area contributed by atoms with Crippen LogP contribution < -0.4 is 5.32 Å². The van der Waals surface area contributed by atoms with Crippen LogP contribution in [0.3, 0.4) is 0 Å². The second-order valence-electron chi connectivity index (χ2n) is 4.06. The first-order valence-electron chi connectivity index (χ1n) is 6.00. The fourth-order valence-electron chi connectivity index (χ4n) is 1.61. The van der Waals surface area contributed by atoms with E-state index in [-0.39, 0.29) is 5.82 Å². The molecule has 1 heterocycles. The van der Waals surface area contributed by atoms with E-state index in [9.17, 15) is 4.39 Å². The average Bonchev–Trinajstić information content (AvgIpc) is 2.80. The lowest BCUT2D eigenvalue weighted by molar-refractivity contribution is 0.576. The van der Waals surface area contributed by atoms with Crippen molar-refractivity contribution < 1.29 is 4.39 Å². The summed E-state index contributed by atoms with van der Waals surface area (Å²) in [6.07, 6.45) is 1.07. The van der Waals surface area contributed by atoms with Crippen LogP contribution >= 0.6 is 0 Å². The number of benzene rings is 1. The maximum Gasteiger partial charge on any atom is 0.165 e. The Labute approximate surface area is 105 Å². The molecule has 0 saturated carbocycles. The molecule has 18 heavy (non-hydrogen) atoms. The van der Waals surface area contributed by atoms with Crippen LogP contribution in [0.25, 0.3) is 0 Å². The van der Waals surface area contributed by atoms with Crippen molar-refractivity contribution in [2.75, 3.05) is 6.54 Å². The molecule has 1 N–H and O–H groups in total. The maximum atomic E-state index is 12.8. The minimum atomic E-state index is -0.236. The number of aromatic nitrogens is 4. The summed E-state index contributed by atoms with van der Waals surface area (Å²) < 4.78 is 14.5. The van der Waals surface area contributed by atoms with Crippen LogP contribution in [0.1, 0.15) is 24.7 Å². The minimum Gasteiger partial charge on any atom is -0.310 e. The molecule has 0 radical (unpaired) electrons. The normalized spacial score (nSPS) is 10.8. The van der Waals surface area contributed by atoms with Gasteiger partial charge < -0.3 is 5.32 Å². The molecule has 6 heteroatoms. The molecule has 0 amide bonds. The van der Waals surface area contributed by atoms with Crippen molar-refractivity contribution in [2.24, 2.45) is 0 Å². The first-order valence-corrected chi connectivity index (χ1v) is 6.00. The number of rotatable bonds is 6. The van der Waals surface area contributed by atoms with Crippen LogP contribution in [-0.2, 0) is 13.1 Å². The van der Waals surface area contributed by atoms with Gasteiger partial charge in [-0.1, -0.05) is 19.1 Å². The fourth-order valence-corrected chi connectivity index (χ4v) is 1.61. The van der Waals surface area contributed by atoms with Gasteiger partial charge in [0.25, 0.3) is 0 Å². The highest BCUT2D eigenvalue weighted by Gasteiger charge is 2.06. The molecule has 0 aliphatic heterocycles. The van der Waals surface area contributed by atoms with E-state index >= 15 is 0 Å². The number of halogens is 1. The number of hydrogen-bond donors (Lipinski definition) is 1. The lowest BCUT2D eigenvalue weighted by Gasteiger charge is -2.05. The van der Waals surface area contributed by atoms with E-state index in [4.69, 9.17) is 0 Å². The van der Waals surface area contributed by atoms with E-state index < -0.39 is 0 Å². The number of nitrogens with one attached hydrogen (secondary N) is 1. The molecule has 0 spiro atoms. The van der Waals surface area contributed by atoms with E-state index in [0.717, 1.165) is 24.4 Å². The van der Waals surface area contributed by atoms with Gasteiger partial charge in [-0.25, -0.2) is 9.07 Å². The predicted octanol–water partition coefficient (Wildman–Crippen LogP) is 1.36. The Morgan fingerprint density at radius 2 is 2.06 bits per heavy atom. The quantitative estimate of drug-likeness (QED) is 0.785. The second kappa shape index (κ2) is 6.20. The van der Waals surface area contributed by atoms with Gasteiger partial charge in [-0.15, -0.1) is 5.10 Å². The van der Waals surface area contributed by atoms with Crippen molar-refractivity contribution in [3.05, 3.63) is 41.5 Å². The largest absolute Gasteiger partial charge is 0.310 e. The van der Waals surface area contributed by atoms with Gasteiger partial charge in [0.15, 0.2) is 5.82 Å². The molecule has 0 aliphatic rings. The third kappa shape index (κ3) is 3.33. The summed E-state index contributed by atoms with van der Waals surface area (Å²) in [7, 11) is 0. The van der Waals surface area contributed by atoms with E-state index in [1.54, 1.807) is 16.8 Å². The lowest BCUT2D eigenvalue weighted by atomic mass is 10.2. The molecule has 1 aromatic heterocycles. The molecule has 2 aromatic rings. The van der Waals surface area contributed by atoms with Gasteiger partial charge in [-0.05, 0) is 41.1 Å². The summed E-state index contributed by atoms with van der Waals surface area (Å²) in [5.74, 6) is 0.549. The van der Waals surface area contributed by atoms with Gasteiger partial charge in [0, 0.05) is 0 Å². The summed E-state index contributed by atoms with van der Waals surface area (Å²) in [6.45, 7) is 4.23. The summed E-state index contributed by atoms with van der Waals surface area (Å²) in [4.78, 5) is 0. The van der Waals surface area contributed by atoms with Crippen molar-refractivity contribution in [3.63, 3.8) is 0 Å². The average molecular weight is 249 g/mol. The summed E-state index contributed by atoms with van der Waals surface area (Å²) in [5.41, 5.74) is 0.973. The van der Waals surface area contributed by atoms with Crippen LogP contribution in [0.5, 0.6) is 0 Å². The number of nitrogens with zero attached hydrogens (tertiary/aromatic N) is 4.